The monoisotopic (exact) mass is 272 g/mol. The van der Waals surface area contributed by atoms with Crippen molar-refractivity contribution in [2.75, 3.05) is 11.5 Å². The van der Waals surface area contributed by atoms with Crippen molar-refractivity contribution in [2.45, 2.75) is 0 Å². The van der Waals surface area contributed by atoms with Crippen molar-refractivity contribution in [1.29, 1.82) is 0 Å². The number of benzene rings is 2. The summed E-state index contributed by atoms with van der Waals surface area (Å²) in [7, 11) is 0. The van der Waals surface area contributed by atoms with E-state index in [0.717, 1.165) is 0 Å². The van der Waals surface area contributed by atoms with E-state index in [1.165, 1.54) is 0 Å². The van der Waals surface area contributed by atoms with Gasteiger partial charge in [0.1, 0.15) is 0 Å². The SMILES string of the molecule is NC(=O)c1cccc(N)c1.NC(=O)c1cccc(N)c1. The Bertz CT molecular complexity index is 571. The highest BCUT2D eigenvalue weighted by atomic mass is 16.1. The third kappa shape index (κ3) is 4.69. The van der Waals surface area contributed by atoms with E-state index in [9.17, 15) is 9.59 Å². The second-order valence-electron chi connectivity index (χ2n) is 3.98. The molecular formula is C14H16N4O2. The predicted molar refractivity (Wildman–Crippen MR) is 78.7 cm³/mol. The van der Waals surface area contributed by atoms with E-state index in [1.807, 2.05) is 0 Å². The van der Waals surface area contributed by atoms with Crippen LogP contribution in [0.3, 0.4) is 0 Å². The Morgan fingerprint density at radius 2 is 1.05 bits per heavy atom. The van der Waals surface area contributed by atoms with Gasteiger partial charge in [-0.15, -0.1) is 0 Å². The maximum Gasteiger partial charge on any atom is 0.248 e. The summed E-state index contributed by atoms with van der Waals surface area (Å²) in [4.78, 5) is 21.0. The van der Waals surface area contributed by atoms with Gasteiger partial charge >= 0.3 is 0 Å². The molecule has 0 heterocycles. The molecule has 0 bridgehead atoms. The summed E-state index contributed by atoms with van der Waals surface area (Å²) >= 11 is 0. The number of hydrogen-bond acceptors (Lipinski definition) is 4. The quantitative estimate of drug-likeness (QED) is 0.598. The fourth-order valence-corrected chi connectivity index (χ4v) is 1.38. The minimum atomic E-state index is -0.452. The minimum absolute atomic E-state index is 0.444. The fraction of sp³-hybridized carbons (Fsp3) is 0. The van der Waals surface area contributed by atoms with Crippen LogP contribution < -0.4 is 22.9 Å². The standard InChI is InChI=1S/2C7H8N2O/c2*8-6-3-1-2-5(4-6)7(9)10/h2*1-4H,8H2,(H2,9,10). The molecule has 20 heavy (non-hydrogen) atoms. The smallest absolute Gasteiger partial charge is 0.248 e. The highest BCUT2D eigenvalue weighted by Crippen LogP contribution is 2.05. The number of amides is 2. The van der Waals surface area contributed by atoms with E-state index < -0.39 is 11.8 Å². The minimum Gasteiger partial charge on any atom is -0.399 e. The van der Waals surface area contributed by atoms with Gasteiger partial charge < -0.3 is 22.9 Å². The Balaban J connectivity index is 0.000000200. The van der Waals surface area contributed by atoms with Gasteiger partial charge in [0.25, 0.3) is 0 Å². The van der Waals surface area contributed by atoms with Crippen molar-refractivity contribution in [3.8, 4) is 0 Å². The zero-order valence-electron chi connectivity index (χ0n) is 10.7. The molecular weight excluding hydrogens is 256 g/mol. The number of nitrogens with two attached hydrogens (primary N) is 4. The first-order valence-corrected chi connectivity index (χ1v) is 5.71. The maximum atomic E-state index is 10.5. The number of carbonyl (C=O) groups excluding carboxylic acids is 2. The molecule has 2 amide bonds. The van der Waals surface area contributed by atoms with Crippen LogP contribution >= 0.6 is 0 Å². The largest absolute Gasteiger partial charge is 0.399 e. The van der Waals surface area contributed by atoms with Gasteiger partial charge in [0.15, 0.2) is 0 Å². The molecule has 0 aliphatic heterocycles. The Morgan fingerprint density at radius 3 is 1.25 bits per heavy atom. The van der Waals surface area contributed by atoms with Crippen LogP contribution in [0, 0.1) is 0 Å². The van der Waals surface area contributed by atoms with Gasteiger partial charge in [0.05, 0.1) is 0 Å². The number of nitrogen functional groups attached to an aromatic ring is 2. The predicted octanol–water partition coefficient (Wildman–Crippen LogP) is 0.735. The van der Waals surface area contributed by atoms with Gasteiger partial charge in [-0.3, -0.25) is 9.59 Å². The maximum absolute atomic E-state index is 10.5. The molecule has 0 saturated carbocycles. The third-order valence-electron chi connectivity index (χ3n) is 2.34. The van der Waals surface area contributed by atoms with Crippen molar-refractivity contribution in [2.24, 2.45) is 11.5 Å². The molecule has 8 N–H and O–H groups in total. The summed E-state index contributed by atoms with van der Waals surface area (Å²) in [5.74, 6) is -0.903. The van der Waals surface area contributed by atoms with Crippen molar-refractivity contribution in [1.82, 2.24) is 0 Å². The van der Waals surface area contributed by atoms with Crippen LogP contribution in [0.15, 0.2) is 48.5 Å². The summed E-state index contributed by atoms with van der Waals surface area (Å²) in [6, 6.07) is 13.1. The van der Waals surface area contributed by atoms with E-state index in [4.69, 9.17) is 22.9 Å². The Labute approximate surface area is 116 Å². The zero-order valence-corrected chi connectivity index (χ0v) is 10.7. The number of primary amides is 2. The first-order valence-electron chi connectivity index (χ1n) is 5.71. The summed E-state index contributed by atoms with van der Waals surface area (Å²) < 4.78 is 0. The first-order chi connectivity index (χ1) is 9.40. The first kappa shape index (κ1) is 15.0. The van der Waals surface area contributed by atoms with E-state index >= 15 is 0 Å². The summed E-state index contributed by atoms with van der Waals surface area (Å²) in [6.45, 7) is 0. The molecule has 0 aliphatic rings. The highest BCUT2D eigenvalue weighted by molar-refractivity contribution is 5.94. The van der Waals surface area contributed by atoms with Crippen molar-refractivity contribution in [3.63, 3.8) is 0 Å². The normalized spacial score (nSPS) is 9.20. The van der Waals surface area contributed by atoms with Crippen molar-refractivity contribution >= 4 is 23.2 Å². The molecule has 0 aromatic heterocycles. The van der Waals surface area contributed by atoms with Gasteiger partial charge in [0.2, 0.25) is 11.8 Å². The molecule has 0 saturated heterocycles. The Morgan fingerprint density at radius 1 is 0.700 bits per heavy atom. The molecule has 0 spiro atoms. The van der Waals surface area contributed by atoms with Crippen LogP contribution in [0.25, 0.3) is 0 Å². The number of carbonyl (C=O) groups is 2. The molecule has 6 heteroatoms. The van der Waals surface area contributed by atoms with Gasteiger partial charge in [0, 0.05) is 22.5 Å². The highest BCUT2D eigenvalue weighted by Gasteiger charge is 1.98. The lowest BCUT2D eigenvalue weighted by Gasteiger charge is -1.94. The zero-order chi connectivity index (χ0) is 15.1. The number of anilines is 2. The van der Waals surface area contributed by atoms with Gasteiger partial charge in [-0.2, -0.15) is 0 Å². The molecule has 0 radical (unpaired) electrons. The molecule has 0 atom stereocenters. The summed E-state index contributed by atoms with van der Waals surface area (Å²) in [6.07, 6.45) is 0. The lowest BCUT2D eigenvalue weighted by molar-refractivity contribution is 0.0992. The van der Waals surface area contributed by atoms with Gasteiger partial charge in [-0.05, 0) is 36.4 Å². The molecule has 104 valence electrons. The van der Waals surface area contributed by atoms with E-state index in [0.29, 0.717) is 22.5 Å². The summed E-state index contributed by atoms with van der Waals surface area (Å²) in [5, 5.41) is 0. The second kappa shape index (κ2) is 6.79. The van der Waals surface area contributed by atoms with Gasteiger partial charge in [-0.1, -0.05) is 12.1 Å². The van der Waals surface area contributed by atoms with Crippen LogP contribution in [-0.2, 0) is 0 Å². The molecule has 6 nitrogen and oxygen atoms in total. The molecule has 2 aromatic rings. The van der Waals surface area contributed by atoms with Crippen LogP contribution in [-0.4, -0.2) is 11.8 Å². The van der Waals surface area contributed by atoms with E-state index in [2.05, 4.69) is 0 Å². The van der Waals surface area contributed by atoms with E-state index in [1.54, 1.807) is 48.5 Å². The third-order valence-corrected chi connectivity index (χ3v) is 2.34. The van der Waals surface area contributed by atoms with Crippen LogP contribution in [0.4, 0.5) is 11.4 Å². The topological polar surface area (TPSA) is 138 Å². The van der Waals surface area contributed by atoms with Crippen LogP contribution in [0.2, 0.25) is 0 Å². The molecule has 0 unspecified atom stereocenters. The molecule has 0 fully saturated rings. The molecule has 0 aliphatic carbocycles. The Kier molecular flexibility index (Phi) is 5.11. The molecule has 2 aromatic carbocycles. The van der Waals surface area contributed by atoms with Crippen molar-refractivity contribution < 1.29 is 9.59 Å². The second-order valence-corrected chi connectivity index (χ2v) is 3.98. The van der Waals surface area contributed by atoms with E-state index in [-0.39, 0.29) is 0 Å². The Hall–Kier alpha value is -3.02. The average molecular weight is 272 g/mol. The lowest BCUT2D eigenvalue weighted by atomic mass is 10.2. The average Bonchev–Trinajstić information content (AvgIpc) is 2.39. The van der Waals surface area contributed by atoms with Crippen LogP contribution in [0.5, 0.6) is 0 Å². The number of hydrogen-bond donors (Lipinski definition) is 4. The van der Waals surface area contributed by atoms with Gasteiger partial charge in [-0.25, -0.2) is 0 Å². The number of rotatable bonds is 2. The van der Waals surface area contributed by atoms with Crippen molar-refractivity contribution in [3.05, 3.63) is 59.7 Å². The lowest BCUT2D eigenvalue weighted by Crippen LogP contribution is -2.10. The van der Waals surface area contributed by atoms with Crippen LogP contribution in [0.1, 0.15) is 20.7 Å². The fourth-order valence-electron chi connectivity index (χ4n) is 1.38. The molecule has 2 rings (SSSR count). The summed E-state index contributed by atoms with van der Waals surface area (Å²) in [5.41, 5.74) is 22.7.